The van der Waals surface area contributed by atoms with Crippen LogP contribution in [0.25, 0.3) is 0 Å². The van der Waals surface area contributed by atoms with Crippen LogP contribution in [0.1, 0.15) is 31.7 Å². The van der Waals surface area contributed by atoms with E-state index in [4.69, 9.17) is 4.74 Å². The van der Waals surface area contributed by atoms with E-state index in [1.165, 1.54) is 25.3 Å². The summed E-state index contributed by atoms with van der Waals surface area (Å²) in [5.41, 5.74) is 0.983. The maximum atomic E-state index is 13.3. The molecule has 0 spiro atoms. The van der Waals surface area contributed by atoms with Crippen LogP contribution >= 0.6 is 0 Å². The maximum absolute atomic E-state index is 13.3. The Morgan fingerprint density at radius 2 is 2.16 bits per heavy atom. The molecule has 1 aromatic rings. The Labute approximate surface area is 114 Å². The Kier molecular flexibility index (Phi) is 3.74. The summed E-state index contributed by atoms with van der Waals surface area (Å²) in [5, 5.41) is 3.42. The van der Waals surface area contributed by atoms with Crippen LogP contribution in [0, 0.1) is 17.7 Å². The maximum Gasteiger partial charge on any atom is 0.123 e. The average Bonchev–Trinajstić information content (AvgIpc) is 3.11. The number of hydrogen-bond acceptors (Lipinski definition) is 2. The van der Waals surface area contributed by atoms with Crippen molar-refractivity contribution < 1.29 is 9.13 Å². The highest BCUT2D eigenvalue weighted by Crippen LogP contribution is 2.40. The van der Waals surface area contributed by atoms with Crippen LogP contribution in [0.15, 0.2) is 18.2 Å². The van der Waals surface area contributed by atoms with Crippen LogP contribution in [0.3, 0.4) is 0 Å². The SMILES string of the molecule is CCc1cc(F)ccc1O[C@H](C1CC1)[C@@H]1CCNC1. The fraction of sp³-hybridized carbons (Fsp3) is 0.625. The first-order valence-corrected chi connectivity index (χ1v) is 7.43. The molecule has 1 N–H and O–H groups in total. The van der Waals surface area contributed by atoms with Gasteiger partial charge < -0.3 is 10.1 Å². The van der Waals surface area contributed by atoms with Crippen molar-refractivity contribution in [3.05, 3.63) is 29.6 Å². The predicted molar refractivity (Wildman–Crippen MR) is 73.9 cm³/mol. The predicted octanol–water partition coefficient (Wildman–Crippen LogP) is 3.16. The smallest absolute Gasteiger partial charge is 0.123 e. The zero-order chi connectivity index (χ0) is 13.2. The molecule has 1 aliphatic heterocycles. The van der Waals surface area contributed by atoms with E-state index in [1.807, 2.05) is 6.92 Å². The molecule has 1 aliphatic carbocycles. The molecule has 2 atom stereocenters. The first kappa shape index (κ1) is 12.9. The van der Waals surface area contributed by atoms with Gasteiger partial charge in [-0.2, -0.15) is 0 Å². The first-order chi connectivity index (χ1) is 9.28. The lowest BCUT2D eigenvalue weighted by Gasteiger charge is -2.25. The van der Waals surface area contributed by atoms with Gasteiger partial charge in [-0.05, 0) is 61.9 Å². The molecule has 2 fully saturated rings. The first-order valence-electron chi connectivity index (χ1n) is 7.43. The molecule has 104 valence electrons. The second kappa shape index (κ2) is 5.49. The van der Waals surface area contributed by atoms with Gasteiger partial charge in [0.1, 0.15) is 17.7 Å². The molecule has 0 unspecified atom stereocenters. The normalized spacial score (nSPS) is 24.4. The van der Waals surface area contributed by atoms with Crippen molar-refractivity contribution in [3.8, 4) is 5.75 Å². The summed E-state index contributed by atoms with van der Waals surface area (Å²) in [7, 11) is 0. The summed E-state index contributed by atoms with van der Waals surface area (Å²) in [6.45, 7) is 4.20. The van der Waals surface area contributed by atoms with Gasteiger partial charge >= 0.3 is 0 Å². The van der Waals surface area contributed by atoms with E-state index in [0.29, 0.717) is 17.9 Å². The highest BCUT2D eigenvalue weighted by atomic mass is 19.1. The number of halogens is 1. The molecule has 1 saturated carbocycles. The molecule has 2 nitrogen and oxygen atoms in total. The Balaban J connectivity index is 1.77. The third kappa shape index (κ3) is 2.92. The Morgan fingerprint density at radius 3 is 2.79 bits per heavy atom. The van der Waals surface area contributed by atoms with Crippen molar-refractivity contribution in [3.63, 3.8) is 0 Å². The van der Waals surface area contributed by atoms with Crippen LogP contribution in [0.4, 0.5) is 4.39 Å². The molecule has 19 heavy (non-hydrogen) atoms. The van der Waals surface area contributed by atoms with Crippen molar-refractivity contribution in [2.45, 2.75) is 38.7 Å². The van der Waals surface area contributed by atoms with Crippen LogP contribution < -0.4 is 10.1 Å². The second-order valence-electron chi connectivity index (χ2n) is 5.78. The number of rotatable bonds is 5. The minimum atomic E-state index is -0.172. The van der Waals surface area contributed by atoms with Gasteiger partial charge in [-0.25, -0.2) is 4.39 Å². The fourth-order valence-electron chi connectivity index (χ4n) is 3.05. The molecule has 2 aliphatic rings. The summed E-state index contributed by atoms with van der Waals surface area (Å²) in [5.74, 6) is 2.03. The van der Waals surface area contributed by atoms with E-state index in [2.05, 4.69) is 5.32 Å². The van der Waals surface area contributed by atoms with Crippen LogP contribution in [-0.2, 0) is 6.42 Å². The van der Waals surface area contributed by atoms with Crippen LogP contribution in [0.2, 0.25) is 0 Å². The third-order valence-electron chi connectivity index (χ3n) is 4.32. The number of hydrogen-bond donors (Lipinski definition) is 1. The molecule has 1 saturated heterocycles. The monoisotopic (exact) mass is 263 g/mol. The third-order valence-corrected chi connectivity index (χ3v) is 4.32. The Hall–Kier alpha value is -1.09. The quantitative estimate of drug-likeness (QED) is 0.881. The largest absolute Gasteiger partial charge is 0.490 e. The molecule has 3 rings (SSSR count). The molecule has 0 amide bonds. The van der Waals surface area contributed by atoms with Gasteiger partial charge in [0.25, 0.3) is 0 Å². The zero-order valence-corrected chi connectivity index (χ0v) is 11.5. The van der Waals surface area contributed by atoms with E-state index < -0.39 is 0 Å². The fourth-order valence-corrected chi connectivity index (χ4v) is 3.05. The van der Waals surface area contributed by atoms with Crippen LogP contribution in [-0.4, -0.2) is 19.2 Å². The highest BCUT2D eigenvalue weighted by molar-refractivity contribution is 5.34. The second-order valence-corrected chi connectivity index (χ2v) is 5.78. The Bertz CT molecular complexity index is 438. The lowest BCUT2D eigenvalue weighted by atomic mass is 9.97. The number of ether oxygens (including phenoxy) is 1. The van der Waals surface area contributed by atoms with Gasteiger partial charge in [0, 0.05) is 12.5 Å². The van der Waals surface area contributed by atoms with Gasteiger partial charge in [0.05, 0.1) is 0 Å². The van der Waals surface area contributed by atoms with Crippen molar-refractivity contribution in [2.24, 2.45) is 11.8 Å². The summed E-state index contributed by atoms with van der Waals surface area (Å²) in [6, 6.07) is 4.91. The molecule has 0 radical (unpaired) electrons. The lowest BCUT2D eigenvalue weighted by Crippen LogP contribution is -2.31. The van der Waals surface area contributed by atoms with Gasteiger partial charge in [0.15, 0.2) is 0 Å². The molecule has 1 aromatic carbocycles. The molecule has 1 heterocycles. The van der Waals surface area contributed by atoms with Crippen molar-refractivity contribution in [1.82, 2.24) is 5.32 Å². The lowest BCUT2D eigenvalue weighted by molar-refractivity contribution is 0.119. The average molecular weight is 263 g/mol. The van der Waals surface area contributed by atoms with E-state index in [0.717, 1.165) is 30.8 Å². The molecule has 0 aromatic heterocycles. The molecule has 0 bridgehead atoms. The molecular formula is C16H22FNO. The standard InChI is InChI=1S/C16H22FNO/c1-2-11-9-14(17)5-6-15(11)19-16(12-3-4-12)13-7-8-18-10-13/h5-6,9,12-13,16,18H,2-4,7-8,10H2,1H3/t13-,16-/m1/s1. The Morgan fingerprint density at radius 1 is 1.32 bits per heavy atom. The molecule has 3 heteroatoms. The van der Waals surface area contributed by atoms with Gasteiger partial charge in [-0.15, -0.1) is 0 Å². The van der Waals surface area contributed by atoms with E-state index in [-0.39, 0.29) is 5.82 Å². The highest BCUT2D eigenvalue weighted by Gasteiger charge is 2.39. The summed E-state index contributed by atoms with van der Waals surface area (Å²) >= 11 is 0. The molecular weight excluding hydrogens is 241 g/mol. The minimum absolute atomic E-state index is 0.172. The van der Waals surface area contributed by atoms with Gasteiger partial charge in [-0.3, -0.25) is 0 Å². The van der Waals surface area contributed by atoms with Crippen LogP contribution in [0.5, 0.6) is 5.75 Å². The summed E-state index contributed by atoms with van der Waals surface area (Å²) < 4.78 is 19.6. The number of benzene rings is 1. The minimum Gasteiger partial charge on any atom is -0.490 e. The van der Waals surface area contributed by atoms with Crippen molar-refractivity contribution in [1.29, 1.82) is 0 Å². The van der Waals surface area contributed by atoms with Gasteiger partial charge in [-0.1, -0.05) is 6.92 Å². The topological polar surface area (TPSA) is 21.3 Å². The number of nitrogens with one attached hydrogen (secondary N) is 1. The summed E-state index contributed by atoms with van der Waals surface area (Å²) in [4.78, 5) is 0. The van der Waals surface area contributed by atoms with Crippen molar-refractivity contribution in [2.75, 3.05) is 13.1 Å². The number of aryl methyl sites for hydroxylation is 1. The van der Waals surface area contributed by atoms with Gasteiger partial charge in [0.2, 0.25) is 0 Å². The van der Waals surface area contributed by atoms with Crippen molar-refractivity contribution >= 4 is 0 Å². The van der Waals surface area contributed by atoms with E-state index in [1.54, 1.807) is 12.1 Å². The van der Waals surface area contributed by atoms with E-state index in [9.17, 15) is 4.39 Å². The van der Waals surface area contributed by atoms with E-state index >= 15 is 0 Å². The summed E-state index contributed by atoms with van der Waals surface area (Å²) in [6.07, 6.45) is 4.89. The zero-order valence-electron chi connectivity index (χ0n) is 11.5.